The van der Waals surface area contributed by atoms with E-state index in [1.807, 2.05) is 19.1 Å². The number of carbonyl (C=O) groups excluding carboxylic acids is 2. The molecule has 0 saturated heterocycles. The highest BCUT2D eigenvalue weighted by Crippen LogP contribution is 2.18. The van der Waals surface area contributed by atoms with Crippen LogP contribution < -0.4 is 9.47 Å². The molecule has 34 heavy (non-hydrogen) atoms. The van der Waals surface area contributed by atoms with Crippen molar-refractivity contribution in [1.29, 1.82) is 0 Å². The number of ether oxygens (including phenoxy) is 2. The molecule has 172 valence electrons. The molecule has 0 amide bonds. The van der Waals surface area contributed by atoms with Crippen molar-refractivity contribution in [3.63, 3.8) is 0 Å². The molecule has 4 aromatic rings. The van der Waals surface area contributed by atoms with E-state index in [-0.39, 0.29) is 11.5 Å². The molecule has 7 heteroatoms. The van der Waals surface area contributed by atoms with Crippen LogP contribution in [-0.4, -0.2) is 22.2 Å². The number of rotatable bonds is 4. The van der Waals surface area contributed by atoms with Crippen LogP contribution in [0.5, 0.6) is 23.0 Å². The van der Waals surface area contributed by atoms with E-state index in [1.165, 1.54) is 48.5 Å². The van der Waals surface area contributed by atoms with Gasteiger partial charge in [0.05, 0.1) is 11.1 Å². The Morgan fingerprint density at radius 1 is 0.588 bits per heavy atom. The zero-order chi connectivity index (χ0) is 24.5. The summed E-state index contributed by atoms with van der Waals surface area (Å²) in [5.41, 5.74) is 1.88. The lowest BCUT2D eigenvalue weighted by Crippen LogP contribution is -2.07. The maximum Gasteiger partial charge on any atom is 0.343 e. The Labute approximate surface area is 201 Å². The van der Waals surface area contributed by atoms with Crippen LogP contribution in [0.2, 0.25) is 5.02 Å². The van der Waals surface area contributed by atoms with Gasteiger partial charge in [-0.3, -0.25) is 0 Å². The number of halogens is 1. The van der Waals surface area contributed by atoms with Crippen LogP contribution >= 0.6 is 11.6 Å². The third-order valence-corrected chi connectivity index (χ3v) is 4.71. The van der Waals surface area contributed by atoms with E-state index in [1.54, 1.807) is 36.4 Å². The van der Waals surface area contributed by atoms with Crippen LogP contribution in [0.3, 0.4) is 0 Å². The first kappa shape index (κ1) is 24.4. The van der Waals surface area contributed by atoms with E-state index >= 15 is 0 Å². The summed E-state index contributed by atoms with van der Waals surface area (Å²) in [6.45, 7) is 1.96. The molecule has 0 bridgehead atoms. The number of phenols is 2. The van der Waals surface area contributed by atoms with Gasteiger partial charge in [0.2, 0.25) is 0 Å². The molecule has 0 saturated carbocycles. The Bertz CT molecular complexity index is 1130. The lowest BCUT2D eigenvalue weighted by atomic mass is 10.2. The van der Waals surface area contributed by atoms with Gasteiger partial charge in [-0.2, -0.15) is 0 Å². The van der Waals surface area contributed by atoms with E-state index in [9.17, 15) is 9.59 Å². The van der Waals surface area contributed by atoms with Gasteiger partial charge in [0.1, 0.15) is 23.0 Å². The van der Waals surface area contributed by atoms with Crippen LogP contribution in [0, 0.1) is 6.92 Å². The number of carbonyl (C=O) groups is 2. The molecule has 0 spiro atoms. The topological polar surface area (TPSA) is 93.1 Å². The van der Waals surface area contributed by atoms with Crippen LogP contribution in [0.4, 0.5) is 0 Å². The minimum Gasteiger partial charge on any atom is -0.508 e. The number of aromatic hydroxyl groups is 2. The number of hydrogen-bond donors (Lipinski definition) is 2. The zero-order valence-corrected chi connectivity index (χ0v) is 18.9. The quantitative estimate of drug-likeness (QED) is 0.269. The van der Waals surface area contributed by atoms with Crippen molar-refractivity contribution in [2.24, 2.45) is 0 Å². The Morgan fingerprint density at radius 3 is 1.32 bits per heavy atom. The summed E-state index contributed by atoms with van der Waals surface area (Å²) in [4.78, 5) is 23.4. The Hall–Kier alpha value is -4.29. The van der Waals surface area contributed by atoms with Gasteiger partial charge in [-0.15, -0.1) is 0 Å². The van der Waals surface area contributed by atoms with Gasteiger partial charge in [0.25, 0.3) is 0 Å². The van der Waals surface area contributed by atoms with E-state index in [0.717, 1.165) is 5.56 Å². The fraction of sp³-hybridized carbons (Fsp3) is 0.0370. The SMILES string of the molecule is Cc1ccc(OC(=O)c2ccc(O)cc2)cc1.O=C(Oc1ccc(Cl)cc1)c1ccc(O)cc1. The molecule has 0 atom stereocenters. The molecule has 0 aliphatic rings. The third-order valence-electron chi connectivity index (χ3n) is 4.46. The molecule has 4 rings (SSSR count). The van der Waals surface area contributed by atoms with Crippen molar-refractivity contribution < 1.29 is 29.3 Å². The minimum absolute atomic E-state index is 0.105. The molecule has 0 heterocycles. The second-order valence-corrected chi connectivity index (χ2v) is 7.58. The maximum atomic E-state index is 11.7. The highest BCUT2D eigenvalue weighted by molar-refractivity contribution is 6.30. The number of phenolic OH excluding ortho intramolecular Hbond substituents is 2. The van der Waals surface area contributed by atoms with Crippen molar-refractivity contribution in [1.82, 2.24) is 0 Å². The van der Waals surface area contributed by atoms with E-state index < -0.39 is 11.9 Å². The normalized spacial score (nSPS) is 9.94. The Balaban J connectivity index is 0.000000191. The Kier molecular flexibility index (Phi) is 8.26. The van der Waals surface area contributed by atoms with Gasteiger partial charge in [-0.1, -0.05) is 29.3 Å². The van der Waals surface area contributed by atoms with Crippen molar-refractivity contribution in [2.75, 3.05) is 0 Å². The minimum atomic E-state index is -0.479. The predicted molar refractivity (Wildman–Crippen MR) is 129 cm³/mol. The van der Waals surface area contributed by atoms with E-state index in [0.29, 0.717) is 27.6 Å². The molecular formula is C27H21ClO6. The van der Waals surface area contributed by atoms with Crippen molar-refractivity contribution in [3.8, 4) is 23.0 Å². The molecule has 6 nitrogen and oxygen atoms in total. The molecule has 0 aliphatic heterocycles. The average Bonchev–Trinajstić information content (AvgIpc) is 2.83. The van der Waals surface area contributed by atoms with E-state index in [2.05, 4.69) is 0 Å². The van der Waals surface area contributed by atoms with Crippen molar-refractivity contribution >= 4 is 23.5 Å². The third kappa shape index (κ3) is 7.39. The molecule has 0 radical (unpaired) electrons. The highest BCUT2D eigenvalue weighted by Gasteiger charge is 2.09. The zero-order valence-electron chi connectivity index (χ0n) is 18.1. The standard InChI is InChI=1S/C14H12O3.C13H9ClO3/c1-10-2-8-13(9-3-10)17-14(16)11-4-6-12(15)7-5-11;14-10-3-7-12(8-4-10)17-13(16)9-1-5-11(15)6-2-9/h2-9,15H,1H3;1-8,15H. The van der Waals surface area contributed by atoms with Crippen LogP contribution in [-0.2, 0) is 0 Å². The molecule has 0 aliphatic carbocycles. The molecule has 2 N–H and O–H groups in total. The van der Waals surface area contributed by atoms with Crippen molar-refractivity contribution in [3.05, 3.63) is 119 Å². The molecule has 0 unspecified atom stereocenters. The summed E-state index contributed by atoms with van der Waals surface area (Å²) in [5, 5.41) is 18.8. The first-order chi connectivity index (χ1) is 16.3. The lowest BCUT2D eigenvalue weighted by Gasteiger charge is -2.04. The van der Waals surface area contributed by atoms with Crippen LogP contribution in [0.1, 0.15) is 26.3 Å². The summed E-state index contributed by atoms with van der Waals surface area (Å²) in [7, 11) is 0. The fourth-order valence-electron chi connectivity index (χ4n) is 2.64. The fourth-order valence-corrected chi connectivity index (χ4v) is 2.76. The van der Waals surface area contributed by atoms with Crippen LogP contribution in [0.15, 0.2) is 97.1 Å². The second kappa shape index (κ2) is 11.5. The maximum absolute atomic E-state index is 11.7. The summed E-state index contributed by atoms with van der Waals surface area (Å²) in [6, 6.07) is 25.5. The largest absolute Gasteiger partial charge is 0.508 e. The van der Waals surface area contributed by atoms with Gasteiger partial charge in [0, 0.05) is 5.02 Å². The Morgan fingerprint density at radius 2 is 0.941 bits per heavy atom. The number of esters is 2. The molecule has 4 aromatic carbocycles. The van der Waals surface area contributed by atoms with E-state index in [4.69, 9.17) is 31.3 Å². The average molecular weight is 477 g/mol. The number of hydrogen-bond acceptors (Lipinski definition) is 6. The monoisotopic (exact) mass is 476 g/mol. The van der Waals surface area contributed by atoms with Crippen LogP contribution in [0.25, 0.3) is 0 Å². The van der Waals surface area contributed by atoms with Gasteiger partial charge in [-0.25, -0.2) is 9.59 Å². The number of aryl methyl sites for hydroxylation is 1. The van der Waals surface area contributed by atoms with Gasteiger partial charge >= 0.3 is 11.9 Å². The van der Waals surface area contributed by atoms with Gasteiger partial charge < -0.3 is 19.7 Å². The van der Waals surface area contributed by atoms with Crippen molar-refractivity contribution in [2.45, 2.75) is 6.92 Å². The first-order valence-corrected chi connectivity index (χ1v) is 10.5. The summed E-state index contributed by atoms with van der Waals surface area (Å²) in [6.07, 6.45) is 0. The molecule has 0 aromatic heterocycles. The lowest BCUT2D eigenvalue weighted by molar-refractivity contribution is 0.0725. The first-order valence-electron chi connectivity index (χ1n) is 10.1. The summed E-state index contributed by atoms with van der Waals surface area (Å²) >= 11 is 5.71. The summed E-state index contributed by atoms with van der Waals surface area (Å²) in [5.74, 6) is 0.243. The number of benzene rings is 4. The van der Waals surface area contributed by atoms with Gasteiger partial charge in [-0.05, 0) is 91.9 Å². The predicted octanol–water partition coefficient (Wildman–Crippen LogP) is 6.18. The van der Waals surface area contributed by atoms with Gasteiger partial charge in [0.15, 0.2) is 0 Å². The smallest absolute Gasteiger partial charge is 0.343 e. The summed E-state index contributed by atoms with van der Waals surface area (Å²) < 4.78 is 10.3. The molecular weight excluding hydrogens is 456 g/mol. The molecule has 0 fully saturated rings. The second-order valence-electron chi connectivity index (χ2n) is 7.14. The highest BCUT2D eigenvalue weighted by atomic mass is 35.5.